The Bertz CT molecular complexity index is 730. The van der Waals surface area contributed by atoms with Gasteiger partial charge in [0.2, 0.25) is 5.91 Å². The lowest BCUT2D eigenvalue weighted by atomic mass is 10.0. The molecule has 1 amide bonds. The second-order valence-corrected chi connectivity index (χ2v) is 7.08. The first kappa shape index (κ1) is 15.4. The number of aromatic nitrogens is 3. The van der Waals surface area contributed by atoms with E-state index in [1.54, 1.807) is 6.26 Å². The standard InChI is InChI=1S/C17H23N5O2/c1-20(2)9-16(23)21-6-5-15-13(8-21)17(14-10-24-11-18-14)19-22(15)7-12-3-4-12/h10-12H,3-9H2,1-2H3. The number of amides is 1. The van der Waals surface area contributed by atoms with Crippen LogP contribution in [-0.2, 0) is 24.3 Å². The van der Waals surface area contributed by atoms with Crippen molar-refractivity contribution in [2.24, 2.45) is 5.92 Å². The first-order chi connectivity index (χ1) is 11.6. The van der Waals surface area contributed by atoms with Gasteiger partial charge in [0.15, 0.2) is 6.39 Å². The van der Waals surface area contributed by atoms with E-state index in [4.69, 9.17) is 9.52 Å². The van der Waals surface area contributed by atoms with Gasteiger partial charge in [0.05, 0.1) is 6.54 Å². The average Bonchev–Trinajstić information content (AvgIpc) is 3.07. The number of likely N-dealkylation sites (N-methyl/N-ethyl adjacent to an activating group) is 1. The van der Waals surface area contributed by atoms with Crippen molar-refractivity contribution in [1.82, 2.24) is 24.6 Å². The third kappa shape index (κ3) is 2.96. The molecule has 1 fully saturated rings. The summed E-state index contributed by atoms with van der Waals surface area (Å²) in [6, 6.07) is 0. The van der Waals surface area contributed by atoms with Gasteiger partial charge in [-0.3, -0.25) is 9.48 Å². The van der Waals surface area contributed by atoms with Crippen LogP contribution in [0.2, 0.25) is 0 Å². The molecule has 0 N–H and O–H groups in total. The Balaban J connectivity index is 1.64. The van der Waals surface area contributed by atoms with E-state index in [9.17, 15) is 4.79 Å². The number of carbonyl (C=O) groups is 1. The molecule has 0 bridgehead atoms. The number of rotatable bonds is 5. The highest BCUT2D eigenvalue weighted by Gasteiger charge is 2.31. The maximum absolute atomic E-state index is 12.4. The Morgan fingerprint density at radius 3 is 2.92 bits per heavy atom. The molecule has 4 rings (SSSR count). The minimum atomic E-state index is 0.159. The van der Waals surface area contributed by atoms with Crippen molar-refractivity contribution in [2.75, 3.05) is 27.2 Å². The minimum absolute atomic E-state index is 0.159. The topological polar surface area (TPSA) is 67.4 Å². The van der Waals surface area contributed by atoms with Crippen molar-refractivity contribution in [1.29, 1.82) is 0 Å². The van der Waals surface area contributed by atoms with Gasteiger partial charge in [-0.05, 0) is 32.9 Å². The van der Waals surface area contributed by atoms with Crippen molar-refractivity contribution in [3.8, 4) is 11.4 Å². The van der Waals surface area contributed by atoms with Gasteiger partial charge in [0.1, 0.15) is 17.7 Å². The molecule has 7 nitrogen and oxygen atoms in total. The largest absolute Gasteiger partial charge is 0.451 e. The Morgan fingerprint density at radius 2 is 2.25 bits per heavy atom. The zero-order valence-electron chi connectivity index (χ0n) is 14.2. The van der Waals surface area contributed by atoms with Crippen LogP contribution in [0.3, 0.4) is 0 Å². The summed E-state index contributed by atoms with van der Waals surface area (Å²) in [6.07, 6.45) is 6.50. The molecule has 0 atom stereocenters. The number of hydrogen-bond donors (Lipinski definition) is 0. The number of fused-ring (bicyclic) bond motifs is 1. The van der Waals surface area contributed by atoms with Crippen LogP contribution in [-0.4, -0.2) is 57.7 Å². The van der Waals surface area contributed by atoms with E-state index >= 15 is 0 Å². The molecule has 0 aromatic carbocycles. The second-order valence-electron chi connectivity index (χ2n) is 7.08. The smallest absolute Gasteiger partial charge is 0.237 e. The lowest BCUT2D eigenvalue weighted by Gasteiger charge is -2.29. The number of nitrogens with zero attached hydrogens (tertiary/aromatic N) is 5. The zero-order valence-corrected chi connectivity index (χ0v) is 14.2. The van der Waals surface area contributed by atoms with Crippen LogP contribution in [0.25, 0.3) is 11.4 Å². The van der Waals surface area contributed by atoms with Crippen LogP contribution in [0.1, 0.15) is 24.1 Å². The van der Waals surface area contributed by atoms with Gasteiger partial charge in [-0.2, -0.15) is 5.10 Å². The predicted octanol–water partition coefficient (Wildman–Crippen LogP) is 1.39. The molecule has 3 heterocycles. The summed E-state index contributed by atoms with van der Waals surface area (Å²) in [5, 5.41) is 4.81. The lowest BCUT2D eigenvalue weighted by Crippen LogP contribution is -2.41. The van der Waals surface area contributed by atoms with Crippen molar-refractivity contribution in [3.05, 3.63) is 23.9 Å². The van der Waals surface area contributed by atoms with Crippen molar-refractivity contribution < 1.29 is 9.21 Å². The van der Waals surface area contributed by atoms with Crippen molar-refractivity contribution in [3.63, 3.8) is 0 Å². The van der Waals surface area contributed by atoms with E-state index in [0.29, 0.717) is 13.1 Å². The van der Waals surface area contributed by atoms with Gasteiger partial charge in [0.25, 0.3) is 0 Å². The van der Waals surface area contributed by atoms with Gasteiger partial charge in [-0.1, -0.05) is 0 Å². The van der Waals surface area contributed by atoms with Crippen LogP contribution in [0.4, 0.5) is 0 Å². The molecule has 2 aliphatic rings. The second kappa shape index (κ2) is 6.05. The molecule has 0 saturated heterocycles. The summed E-state index contributed by atoms with van der Waals surface area (Å²) < 4.78 is 7.29. The third-order valence-electron chi connectivity index (χ3n) is 4.74. The van der Waals surface area contributed by atoms with Gasteiger partial charge in [-0.15, -0.1) is 0 Å². The molecule has 7 heteroatoms. The van der Waals surface area contributed by atoms with E-state index < -0.39 is 0 Å². The average molecular weight is 329 g/mol. The molecule has 1 saturated carbocycles. The van der Waals surface area contributed by atoms with Crippen LogP contribution in [0, 0.1) is 5.92 Å². The molecule has 1 aliphatic carbocycles. The number of carbonyl (C=O) groups excluding carboxylic acids is 1. The molecule has 0 radical (unpaired) electrons. The van der Waals surface area contributed by atoms with Gasteiger partial charge < -0.3 is 14.2 Å². The zero-order chi connectivity index (χ0) is 16.7. The molecule has 2 aromatic rings. The first-order valence-electron chi connectivity index (χ1n) is 8.51. The van der Waals surface area contributed by atoms with Crippen LogP contribution >= 0.6 is 0 Å². The Labute approximate surface area is 141 Å². The van der Waals surface area contributed by atoms with Crippen LogP contribution < -0.4 is 0 Å². The van der Waals surface area contributed by atoms with Gasteiger partial charge in [-0.25, -0.2) is 4.98 Å². The molecular formula is C17H23N5O2. The molecule has 2 aromatic heterocycles. The van der Waals surface area contributed by atoms with E-state index in [1.807, 2.05) is 23.9 Å². The lowest BCUT2D eigenvalue weighted by molar-refractivity contribution is -0.132. The van der Waals surface area contributed by atoms with E-state index in [0.717, 1.165) is 42.4 Å². The Morgan fingerprint density at radius 1 is 1.42 bits per heavy atom. The molecule has 128 valence electrons. The summed E-state index contributed by atoms with van der Waals surface area (Å²) in [5.41, 5.74) is 4.00. The summed E-state index contributed by atoms with van der Waals surface area (Å²) in [4.78, 5) is 20.5. The summed E-state index contributed by atoms with van der Waals surface area (Å²) in [5.74, 6) is 0.916. The molecule has 0 unspecified atom stereocenters. The van der Waals surface area contributed by atoms with Crippen molar-refractivity contribution >= 4 is 5.91 Å². The monoisotopic (exact) mass is 329 g/mol. The Hall–Kier alpha value is -2.15. The fourth-order valence-corrected chi connectivity index (χ4v) is 3.31. The van der Waals surface area contributed by atoms with Crippen LogP contribution in [0.15, 0.2) is 17.1 Å². The summed E-state index contributed by atoms with van der Waals surface area (Å²) in [6.45, 7) is 2.78. The normalized spacial score (nSPS) is 17.4. The molecule has 1 aliphatic heterocycles. The number of oxazole rings is 1. The first-order valence-corrected chi connectivity index (χ1v) is 8.51. The van der Waals surface area contributed by atoms with Crippen molar-refractivity contribution in [2.45, 2.75) is 32.4 Å². The molecule has 24 heavy (non-hydrogen) atoms. The van der Waals surface area contributed by atoms with E-state index in [2.05, 4.69) is 9.67 Å². The van der Waals surface area contributed by atoms with Crippen LogP contribution in [0.5, 0.6) is 0 Å². The highest BCUT2D eigenvalue weighted by atomic mass is 16.3. The minimum Gasteiger partial charge on any atom is -0.451 e. The maximum Gasteiger partial charge on any atom is 0.237 e. The van der Waals surface area contributed by atoms with Gasteiger partial charge in [0, 0.05) is 37.3 Å². The van der Waals surface area contributed by atoms with E-state index in [1.165, 1.54) is 24.9 Å². The Kier molecular flexibility index (Phi) is 3.88. The van der Waals surface area contributed by atoms with Gasteiger partial charge >= 0.3 is 0 Å². The summed E-state index contributed by atoms with van der Waals surface area (Å²) >= 11 is 0. The quantitative estimate of drug-likeness (QED) is 0.829. The molecular weight excluding hydrogens is 306 g/mol. The highest BCUT2D eigenvalue weighted by molar-refractivity contribution is 5.79. The fourth-order valence-electron chi connectivity index (χ4n) is 3.31. The maximum atomic E-state index is 12.4. The van der Waals surface area contributed by atoms with E-state index in [-0.39, 0.29) is 5.91 Å². The predicted molar refractivity (Wildman–Crippen MR) is 88.1 cm³/mol. The fraction of sp³-hybridized carbons (Fsp3) is 0.588. The third-order valence-corrected chi connectivity index (χ3v) is 4.74. The number of hydrogen-bond acceptors (Lipinski definition) is 5. The highest BCUT2D eigenvalue weighted by Crippen LogP contribution is 2.34. The molecule has 0 spiro atoms. The SMILES string of the molecule is CN(C)CC(=O)N1CCc2c(c(-c3cocn3)nn2CC2CC2)C1. The summed E-state index contributed by atoms with van der Waals surface area (Å²) in [7, 11) is 3.84.